The first-order chi connectivity index (χ1) is 14.1. The van der Waals surface area contributed by atoms with E-state index >= 15 is 0 Å². The van der Waals surface area contributed by atoms with Crippen molar-refractivity contribution in [3.63, 3.8) is 0 Å². The molecular weight excluding hydrogens is 469 g/mol. The number of carbonyl (C=O) groups excluding carboxylic acids is 1. The van der Waals surface area contributed by atoms with E-state index in [9.17, 15) is 13.2 Å². The van der Waals surface area contributed by atoms with E-state index in [1.165, 1.54) is 24.3 Å². The van der Waals surface area contributed by atoms with Crippen molar-refractivity contribution in [2.75, 3.05) is 21.6 Å². The van der Waals surface area contributed by atoms with Gasteiger partial charge in [0.1, 0.15) is 0 Å². The highest BCUT2D eigenvalue weighted by atomic mass is 35.5. The number of carbonyl (C=O) groups is 1. The monoisotopic (exact) mass is 483 g/mol. The van der Waals surface area contributed by atoms with E-state index in [1.54, 1.807) is 6.07 Å². The van der Waals surface area contributed by atoms with Crippen molar-refractivity contribution < 1.29 is 13.2 Å². The van der Waals surface area contributed by atoms with Crippen LogP contribution in [0, 0.1) is 0 Å². The summed E-state index contributed by atoms with van der Waals surface area (Å²) in [6.07, 6.45) is 1.00. The second-order valence-corrected chi connectivity index (χ2v) is 9.27. The van der Waals surface area contributed by atoms with Gasteiger partial charge in [0.2, 0.25) is 10.0 Å². The highest BCUT2D eigenvalue weighted by Crippen LogP contribution is 2.33. The molecule has 6 nitrogen and oxygen atoms in total. The number of hydrogen-bond acceptors (Lipinski definition) is 4. The van der Waals surface area contributed by atoms with E-state index in [1.807, 2.05) is 30.3 Å². The molecule has 0 heterocycles. The smallest absolute Gasteiger partial charge is 0.257 e. The molecule has 10 heteroatoms. The summed E-state index contributed by atoms with van der Waals surface area (Å²) in [7, 11) is -3.61. The molecule has 0 bridgehead atoms. The molecule has 0 aliphatic heterocycles. The van der Waals surface area contributed by atoms with Crippen molar-refractivity contribution >= 4 is 73.5 Å². The van der Waals surface area contributed by atoms with E-state index in [-0.39, 0.29) is 26.3 Å². The van der Waals surface area contributed by atoms with Crippen LogP contribution in [0.15, 0.2) is 60.7 Å². The third kappa shape index (κ3) is 5.79. The fraction of sp³-hybridized carbons (Fsp3) is 0.0500. The largest absolute Gasteiger partial charge is 0.356 e. The molecule has 0 spiro atoms. The SMILES string of the molecule is CS(=O)(=O)Nc1ccc(Nc2ccccc2)cc1C(=O)Nc1cc(Cl)c(Cl)c(Cl)c1. The Morgan fingerprint density at radius 3 is 2.07 bits per heavy atom. The minimum Gasteiger partial charge on any atom is -0.356 e. The molecule has 3 aromatic rings. The van der Waals surface area contributed by atoms with Crippen molar-refractivity contribution in [1.82, 2.24) is 0 Å². The van der Waals surface area contributed by atoms with E-state index in [4.69, 9.17) is 34.8 Å². The van der Waals surface area contributed by atoms with Crippen molar-refractivity contribution in [2.45, 2.75) is 0 Å². The second kappa shape index (κ2) is 9.14. The van der Waals surface area contributed by atoms with Crippen molar-refractivity contribution in [3.8, 4) is 0 Å². The number of sulfonamides is 1. The number of hydrogen-bond donors (Lipinski definition) is 3. The zero-order valence-corrected chi connectivity index (χ0v) is 18.6. The maximum absolute atomic E-state index is 12.9. The molecule has 3 N–H and O–H groups in total. The maximum atomic E-state index is 12.9. The second-order valence-electron chi connectivity index (χ2n) is 6.33. The molecule has 156 valence electrons. The van der Waals surface area contributed by atoms with Gasteiger partial charge in [-0.2, -0.15) is 0 Å². The first-order valence-electron chi connectivity index (χ1n) is 8.52. The third-order valence-corrected chi connectivity index (χ3v) is 5.65. The van der Waals surface area contributed by atoms with E-state index in [0.717, 1.165) is 11.9 Å². The van der Waals surface area contributed by atoms with Gasteiger partial charge in [0.25, 0.3) is 5.91 Å². The van der Waals surface area contributed by atoms with Gasteiger partial charge < -0.3 is 10.6 Å². The molecule has 0 unspecified atom stereocenters. The van der Waals surface area contributed by atoms with Crippen molar-refractivity contribution in [3.05, 3.63) is 81.3 Å². The summed E-state index contributed by atoms with van der Waals surface area (Å²) in [5, 5.41) is 6.34. The van der Waals surface area contributed by atoms with E-state index in [0.29, 0.717) is 11.4 Å². The van der Waals surface area contributed by atoms with Crippen molar-refractivity contribution in [2.24, 2.45) is 0 Å². The summed E-state index contributed by atoms with van der Waals surface area (Å²) >= 11 is 18.0. The van der Waals surface area contributed by atoms with Crippen LogP contribution in [0.4, 0.5) is 22.7 Å². The van der Waals surface area contributed by atoms with Crippen LogP contribution in [0.2, 0.25) is 15.1 Å². The summed E-state index contributed by atoms with van der Waals surface area (Å²) in [6.45, 7) is 0. The Morgan fingerprint density at radius 2 is 1.47 bits per heavy atom. The number of nitrogens with one attached hydrogen (secondary N) is 3. The Hall–Kier alpha value is -2.45. The molecule has 0 saturated heterocycles. The normalized spacial score (nSPS) is 11.1. The van der Waals surface area contributed by atoms with Crippen LogP contribution in [0.3, 0.4) is 0 Å². The maximum Gasteiger partial charge on any atom is 0.257 e. The predicted octanol–water partition coefficient (Wildman–Crippen LogP) is 6.01. The summed E-state index contributed by atoms with van der Waals surface area (Å²) in [5.74, 6) is -0.563. The summed E-state index contributed by atoms with van der Waals surface area (Å²) < 4.78 is 25.8. The van der Waals surface area contributed by atoms with Crippen LogP contribution in [0.1, 0.15) is 10.4 Å². The minimum absolute atomic E-state index is 0.101. The Morgan fingerprint density at radius 1 is 0.833 bits per heavy atom. The van der Waals surface area contributed by atoms with Crippen LogP contribution >= 0.6 is 34.8 Å². The van der Waals surface area contributed by atoms with Gasteiger partial charge in [-0.05, 0) is 42.5 Å². The lowest BCUT2D eigenvalue weighted by Gasteiger charge is -2.14. The number of rotatable bonds is 6. The first kappa shape index (κ1) is 22.2. The van der Waals surface area contributed by atoms with Crippen molar-refractivity contribution in [1.29, 1.82) is 0 Å². The molecule has 0 saturated carbocycles. The standard InChI is InChI=1S/C20H16Cl3N3O3S/c1-30(28,29)26-18-8-7-13(24-12-5-3-2-4-6-12)9-15(18)20(27)25-14-10-16(21)19(23)17(22)11-14/h2-11,24,26H,1H3,(H,25,27). The van der Waals surface area contributed by atoms with Crippen LogP contribution in [-0.4, -0.2) is 20.6 Å². The minimum atomic E-state index is -3.61. The van der Waals surface area contributed by atoms with E-state index < -0.39 is 15.9 Å². The molecule has 1 amide bonds. The molecule has 0 atom stereocenters. The highest BCUT2D eigenvalue weighted by molar-refractivity contribution is 7.92. The lowest BCUT2D eigenvalue weighted by atomic mass is 10.1. The predicted molar refractivity (Wildman–Crippen MR) is 124 cm³/mol. The topological polar surface area (TPSA) is 87.3 Å². The molecule has 30 heavy (non-hydrogen) atoms. The Balaban J connectivity index is 1.96. The van der Waals surface area contributed by atoms with Gasteiger partial charge in [-0.15, -0.1) is 0 Å². The number of anilines is 4. The lowest BCUT2D eigenvalue weighted by molar-refractivity contribution is 0.102. The average molecular weight is 485 g/mol. The molecular formula is C20H16Cl3N3O3S. The molecule has 0 aliphatic carbocycles. The van der Waals surface area contributed by atoms with Gasteiger partial charge in [-0.1, -0.05) is 53.0 Å². The van der Waals surface area contributed by atoms with Gasteiger partial charge >= 0.3 is 0 Å². The molecule has 3 rings (SSSR count). The Kier molecular flexibility index (Phi) is 6.77. The van der Waals surface area contributed by atoms with Crippen LogP contribution in [0.25, 0.3) is 0 Å². The zero-order chi connectivity index (χ0) is 21.9. The quantitative estimate of drug-likeness (QED) is 0.374. The first-order valence-corrected chi connectivity index (χ1v) is 11.5. The highest BCUT2D eigenvalue weighted by Gasteiger charge is 2.17. The van der Waals surface area contributed by atoms with E-state index in [2.05, 4.69) is 15.4 Å². The summed E-state index contributed by atoms with van der Waals surface area (Å²) in [5.41, 5.74) is 1.94. The molecule has 3 aromatic carbocycles. The molecule has 0 radical (unpaired) electrons. The molecule has 0 fully saturated rings. The average Bonchev–Trinajstić information content (AvgIpc) is 2.67. The summed E-state index contributed by atoms with van der Waals surface area (Å²) in [4.78, 5) is 12.9. The van der Waals surface area contributed by atoms with Crippen LogP contribution in [-0.2, 0) is 10.0 Å². The third-order valence-electron chi connectivity index (χ3n) is 3.86. The van der Waals surface area contributed by atoms with Crippen LogP contribution in [0.5, 0.6) is 0 Å². The fourth-order valence-electron chi connectivity index (χ4n) is 2.61. The Labute approximate surface area is 189 Å². The van der Waals surface area contributed by atoms with Gasteiger partial charge in [0.05, 0.1) is 32.6 Å². The van der Waals surface area contributed by atoms with Gasteiger partial charge in [-0.3, -0.25) is 9.52 Å². The number of benzene rings is 3. The molecule has 0 aromatic heterocycles. The Bertz CT molecular complexity index is 1180. The lowest BCUT2D eigenvalue weighted by Crippen LogP contribution is -2.18. The van der Waals surface area contributed by atoms with Gasteiger partial charge in [0.15, 0.2) is 0 Å². The van der Waals surface area contributed by atoms with Crippen LogP contribution < -0.4 is 15.4 Å². The number of halogens is 3. The number of para-hydroxylation sites is 1. The number of amides is 1. The zero-order valence-electron chi connectivity index (χ0n) is 15.5. The fourth-order valence-corrected chi connectivity index (χ4v) is 3.79. The van der Waals surface area contributed by atoms with Gasteiger partial charge in [0, 0.05) is 17.1 Å². The molecule has 0 aliphatic rings. The van der Waals surface area contributed by atoms with Gasteiger partial charge in [-0.25, -0.2) is 8.42 Å². The summed E-state index contributed by atoms with van der Waals surface area (Å²) in [6, 6.07) is 16.9.